The molecule has 2 atom stereocenters. The minimum Gasteiger partial charge on any atom is -0.481 e. The van der Waals surface area contributed by atoms with Crippen LogP contribution in [0.4, 0.5) is 0 Å². The molecule has 0 heterocycles. The predicted molar refractivity (Wildman–Crippen MR) is 70.9 cm³/mol. The largest absolute Gasteiger partial charge is 0.481 e. The lowest BCUT2D eigenvalue weighted by Crippen LogP contribution is -2.42. The van der Waals surface area contributed by atoms with Gasteiger partial charge in [-0.3, -0.25) is 9.59 Å². The molecule has 6 heteroatoms. The van der Waals surface area contributed by atoms with Gasteiger partial charge in [-0.25, -0.2) is 0 Å². The molecule has 1 aromatic rings. The molecule has 0 radical (unpaired) electrons. The van der Waals surface area contributed by atoms with Gasteiger partial charge in [0.15, 0.2) is 0 Å². The van der Waals surface area contributed by atoms with Crippen LogP contribution in [0.2, 0.25) is 0 Å². The third-order valence-electron chi connectivity index (χ3n) is 2.44. The lowest BCUT2D eigenvalue weighted by Gasteiger charge is -2.17. The smallest absolute Gasteiger partial charge is 0.305 e. The van der Waals surface area contributed by atoms with Crippen molar-refractivity contribution in [2.24, 2.45) is 5.73 Å². The van der Waals surface area contributed by atoms with E-state index in [4.69, 9.17) is 10.8 Å². The summed E-state index contributed by atoms with van der Waals surface area (Å²) in [6.45, 7) is 1.81. The molecule has 0 bridgehead atoms. The molecule has 0 spiro atoms. The van der Waals surface area contributed by atoms with E-state index >= 15 is 0 Å². The van der Waals surface area contributed by atoms with Gasteiger partial charge < -0.3 is 16.2 Å². The van der Waals surface area contributed by atoms with Crippen LogP contribution in [0.5, 0.6) is 0 Å². The third kappa shape index (κ3) is 4.46. The van der Waals surface area contributed by atoms with Gasteiger partial charge in [0.25, 0.3) is 0 Å². The van der Waals surface area contributed by atoms with E-state index in [1.807, 2.05) is 31.2 Å². The second kappa shape index (κ2) is 6.51. The van der Waals surface area contributed by atoms with Crippen LogP contribution in [-0.2, 0) is 9.59 Å². The van der Waals surface area contributed by atoms with Gasteiger partial charge in [0.05, 0.1) is 18.5 Å². The Bertz CT molecular complexity index is 451. The number of benzene rings is 1. The van der Waals surface area contributed by atoms with Gasteiger partial charge in [-0.05, 0) is 24.6 Å². The average Bonchev–Trinajstić information content (AvgIpc) is 2.27. The fourth-order valence-electron chi connectivity index (χ4n) is 1.46. The Kier molecular flexibility index (Phi) is 5.30. The van der Waals surface area contributed by atoms with E-state index in [-0.39, 0.29) is 12.5 Å². The highest BCUT2D eigenvalue weighted by Crippen LogP contribution is 2.17. The van der Waals surface area contributed by atoms with Crippen LogP contribution in [-0.4, -0.2) is 23.0 Å². The molecular weight excluding hydrogens is 300 g/mol. The van der Waals surface area contributed by atoms with Crippen molar-refractivity contribution in [3.63, 3.8) is 0 Å². The lowest BCUT2D eigenvalue weighted by molar-refractivity contribution is -0.139. The summed E-state index contributed by atoms with van der Waals surface area (Å²) in [6, 6.07) is 6.24. The molecule has 2 unspecified atom stereocenters. The molecule has 0 aliphatic heterocycles. The Hall–Kier alpha value is -1.40. The minimum atomic E-state index is -1.09. The van der Waals surface area contributed by atoms with E-state index in [1.54, 1.807) is 0 Å². The van der Waals surface area contributed by atoms with Gasteiger partial charge in [0.1, 0.15) is 0 Å². The number of carbonyl (C=O) groups excluding carboxylic acids is 1. The van der Waals surface area contributed by atoms with Gasteiger partial charge in [0, 0.05) is 4.47 Å². The molecular formula is C12H15BrN2O3. The Balaban J connectivity index is 2.62. The number of halogens is 1. The highest BCUT2D eigenvalue weighted by Gasteiger charge is 2.19. The molecule has 1 rings (SSSR count). The lowest BCUT2D eigenvalue weighted by atomic mass is 10.1. The van der Waals surface area contributed by atoms with E-state index < -0.39 is 17.9 Å². The fraction of sp³-hybridized carbons (Fsp3) is 0.333. The van der Waals surface area contributed by atoms with Crippen molar-refractivity contribution >= 4 is 27.8 Å². The summed E-state index contributed by atoms with van der Waals surface area (Å²) >= 11 is 3.34. The highest BCUT2D eigenvalue weighted by atomic mass is 79.9. The van der Waals surface area contributed by atoms with Crippen LogP contribution in [0.15, 0.2) is 28.7 Å². The zero-order valence-electron chi connectivity index (χ0n) is 9.89. The summed E-state index contributed by atoms with van der Waals surface area (Å²) in [5.74, 6) is -1.56. The number of nitrogens with one attached hydrogen (secondary N) is 1. The second-order valence-corrected chi connectivity index (χ2v) is 4.91. The average molecular weight is 315 g/mol. The SMILES string of the molecule is CC(NC(=O)C(N)CC(=O)O)c1cccc(Br)c1. The van der Waals surface area contributed by atoms with Crippen molar-refractivity contribution in [1.82, 2.24) is 5.32 Å². The van der Waals surface area contributed by atoms with E-state index in [2.05, 4.69) is 21.2 Å². The predicted octanol–water partition coefficient (Wildman–Crippen LogP) is 1.43. The molecule has 0 fully saturated rings. The number of aliphatic carboxylic acids is 1. The second-order valence-electron chi connectivity index (χ2n) is 3.99. The summed E-state index contributed by atoms with van der Waals surface area (Å²) in [5.41, 5.74) is 6.39. The van der Waals surface area contributed by atoms with Crippen LogP contribution in [0.25, 0.3) is 0 Å². The zero-order chi connectivity index (χ0) is 13.7. The van der Waals surface area contributed by atoms with Crippen LogP contribution in [0.3, 0.4) is 0 Å². The summed E-state index contributed by atoms with van der Waals surface area (Å²) in [4.78, 5) is 22.1. The van der Waals surface area contributed by atoms with Gasteiger partial charge in [0.2, 0.25) is 5.91 Å². The molecule has 0 saturated carbocycles. The quantitative estimate of drug-likeness (QED) is 0.766. The maximum atomic E-state index is 11.6. The minimum absolute atomic E-state index is 0.227. The molecule has 98 valence electrons. The van der Waals surface area contributed by atoms with Crippen LogP contribution in [0, 0.1) is 0 Å². The third-order valence-corrected chi connectivity index (χ3v) is 2.93. The normalized spacial score (nSPS) is 13.7. The van der Waals surface area contributed by atoms with E-state index in [0.717, 1.165) is 10.0 Å². The van der Waals surface area contributed by atoms with Crippen molar-refractivity contribution in [2.75, 3.05) is 0 Å². The molecule has 4 N–H and O–H groups in total. The summed E-state index contributed by atoms with van der Waals surface area (Å²) in [5, 5.41) is 11.2. The monoisotopic (exact) mass is 314 g/mol. The first kappa shape index (κ1) is 14.7. The van der Waals surface area contributed by atoms with E-state index in [1.165, 1.54) is 0 Å². The summed E-state index contributed by atoms with van der Waals surface area (Å²) in [7, 11) is 0. The molecule has 0 aromatic heterocycles. The van der Waals surface area contributed by atoms with Crippen molar-refractivity contribution in [3.05, 3.63) is 34.3 Å². The maximum Gasteiger partial charge on any atom is 0.305 e. The fourth-order valence-corrected chi connectivity index (χ4v) is 1.88. The van der Waals surface area contributed by atoms with Crippen LogP contribution < -0.4 is 11.1 Å². The summed E-state index contributed by atoms with van der Waals surface area (Å²) < 4.78 is 0.913. The van der Waals surface area contributed by atoms with Crippen molar-refractivity contribution in [2.45, 2.75) is 25.4 Å². The van der Waals surface area contributed by atoms with Crippen LogP contribution in [0.1, 0.15) is 24.9 Å². The Morgan fingerprint density at radius 1 is 1.50 bits per heavy atom. The van der Waals surface area contributed by atoms with E-state index in [9.17, 15) is 9.59 Å². The Labute approximate surface area is 113 Å². The molecule has 0 aliphatic carbocycles. The number of carboxylic acid groups (broad SMARTS) is 1. The molecule has 18 heavy (non-hydrogen) atoms. The molecule has 0 aliphatic rings. The molecule has 1 aromatic carbocycles. The first-order chi connectivity index (χ1) is 8.40. The molecule has 0 saturated heterocycles. The van der Waals surface area contributed by atoms with Gasteiger partial charge in [-0.15, -0.1) is 0 Å². The number of hydrogen-bond donors (Lipinski definition) is 3. The summed E-state index contributed by atoms with van der Waals surface area (Å²) in [6.07, 6.45) is -0.378. The number of nitrogens with two attached hydrogens (primary N) is 1. The zero-order valence-corrected chi connectivity index (χ0v) is 11.5. The molecule has 5 nitrogen and oxygen atoms in total. The van der Waals surface area contributed by atoms with Crippen molar-refractivity contribution < 1.29 is 14.7 Å². The Morgan fingerprint density at radius 3 is 2.72 bits per heavy atom. The maximum absolute atomic E-state index is 11.6. The first-order valence-corrected chi connectivity index (χ1v) is 6.22. The number of carboxylic acids is 1. The van der Waals surface area contributed by atoms with Gasteiger partial charge >= 0.3 is 5.97 Å². The number of carbonyl (C=O) groups is 2. The Morgan fingerprint density at radius 2 is 2.17 bits per heavy atom. The first-order valence-electron chi connectivity index (χ1n) is 5.43. The van der Waals surface area contributed by atoms with E-state index in [0.29, 0.717) is 0 Å². The molecule has 1 amide bonds. The van der Waals surface area contributed by atoms with Crippen molar-refractivity contribution in [1.29, 1.82) is 0 Å². The van der Waals surface area contributed by atoms with Crippen molar-refractivity contribution in [3.8, 4) is 0 Å². The van der Waals surface area contributed by atoms with Gasteiger partial charge in [-0.2, -0.15) is 0 Å². The van der Waals surface area contributed by atoms with Gasteiger partial charge in [-0.1, -0.05) is 28.1 Å². The number of hydrogen-bond acceptors (Lipinski definition) is 3. The highest BCUT2D eigenvalue weighted by molar-refractivity contribution is 9.10. The number of rotatable bonds is 5. The number of amides is 1. The van der Waals surface area contributed by atoms with Crippen LogP contribution >= 0.6 is 15.9 Å². The standard InChI is InChI=1S/C12H15BrN2O3/c1-7(8-3-2-4-9(13)5-8)15-12(18)10(14)6-11(16)17/h2-5,7,10H,6,14H2,1H3,(H,15,18)(H,16,17). The topological polar surface area (TPSA) is 92.4 Å².